The summed E-state index contributed by atoms with van der Waals surface area (Å²) in [4.78, 5) is 18.8. The van der Waals surface area contributed by atoms with Gasteiger partial charge in [-0.1, -0.05) is 43.2 Å². The molecule has 0 bridgehead atoms. The van der Waals surface area contributed by atoms with Crippen LogP contribution in [0, 0.1) is 5.41 Å². The van der Waals surface area contributed by atoms with E-state index in [1.165, 1.54) is 25.7 Å². The molecule has 0 atom stereocenters. The summed E-state index contributed by atoms with van der Waals surface area (Å²) in [6, 6.07) is 10.1. The van der Waals surface area contributed by atoms with Gasteiger partial charge in [-0.25, -0.2) is 0 Å². The molecule has 2 N–H and O–H groups in total. The molecule has 0 aromatic heterocycles. The fourth-order valence-electron chi connectivity index (χ4n) is 3.90. The molecule has 1 aromatic rings. The molecule has 6 nitrogen and oxygen atoms in total. The van der Waals surface area contributed by atoms with Crippen LogP contribution in [0.15, 0.2) is 35.3 Å². The Balaban J connectivity index is 0.00000420. The van der Waals surface area contributed by atoms with Crippen molar-refractivity contribution in [3.8, 4) is 0 Å². The summed E-state index contributed by atoms with van der Waals surface area (Å²) in [7, 11) is 3.51. The number of amides is 1. The molecular weight excluding hydrogens is 479 g/mol. The van der Waals surface area contributed by atoms with Gasteiger partial charge in [0.2, 0.25) is 5.91 Å². The van der Waals surface area contributed by atoms with Crippen molar-refractivity contribution in [1.29, 1.82) is 0 Å². The Hall–Kier alpha value is -1.35. The topological polar surface area (TPSA) is 66.0 Å². The zero-order chi connectivity index (χ0) is 20.2. The highest BCUT2D eigenvalue weighted by Crippen LogP contribution is 2.40. The first-order valence-corrected chi connectivity index (χ1v) is 10.4. The van der Waals surface area contributed by atoms with Crippen LogP contribution in [0.3, 0.4) is 0 Å². The van der Waals surface area contributed by atoms with Crippen LogP contribution in [0.5, 0.6) is 0 Å². The van der Waals surface area contributed by atoms with E-state index in [9.17, 15) is 4.79 Å². The van der Waals surface area contributed by atoms with E-state index in [1.54, 1.807) is 14.2 Å². The van der Waals surface area contributed by atoms with E-state index in [4.69, 9.17) is 4.74 Å². The predicted molar refractivity (Wildman–Crippen MR) is 130 cm³/mol. The zero-order valence-corrected chi connectivity index (χ0v) is 20.4. The molecule has 0 radical (unpaired) electrons. The van der Waals surface area contributed by atoms with Crippen molar-refractivity contribution in [2.24, 2.45) is 10.4 Å². The van der Waals surface area contributed by atoms with E-state index < -0.39 is 0 Å². The van der Waals surface area contributed by atoms with Gasteiger partial charge in [-0.05, 0) is 37.2 Å². The monoisotopic (exact) mass is 516 g/mol. The average molecular weight is 516 g/mol. The van der Waals surface area contributed by atoms with Gasteiger partial charge in [0.15, 0.2) is 5.96 Å². The fourth-order valence-corrected chi connectivity index (χ4v) is 3.90. The molecule has 1 aliphatic carbocycles. The van der Waals surface area contributed by atoms with Gasteiger partial charge >= 0.3 is 0 Å². The maximum absolute atomic E-state index is 12.6. The second kappa shape index (κ2) is 13.8. The Morgan fingerprint density at radius 3 is 2.48 bits per heavy atom. The van der Waals surface area contributed by atoms with Gasteiger partial charge in [0.1, 0.15) is 0 Å². The lowest BCUT2D eigenvalue weighted by Gasteiger charge is -2.30. The number of nitrogens with one attached hydrogen (secondary N) is 2. The van der Waals surface area contributed by atoms with Gasteiger partial charge in [-0.15, -0.1) is 24.0 Å². The summed E-state index contributed by atoms with van der Waals surface area (Å²) < 4.78 is 5.30. The van der Waals surface area contributed by atoms with E-state index in [0.29, 0.717) is 19.0 Å². The lowest BCUT2D eigenvalue weighted by Crippen LogP contribution is -2.47. The van der Waals surface area contributed by atoms with Crippen LogP contribution < -0.4 is 10.6 Å². The predicted octanol–water partition coefficient (Wildman–Crippen LogP) is 3.42. The summed E-state index contributed by atoms with van der Waals surface area (Å²) in [5.41, 5.74) is 1.42. The number of halogens is 1. The van der Waals surface area contributed by atoms with Crippen LogP contribution in [0.4, 0.5) is 0 Å². The first-order valence-electron chi connectivity index (χ1n) is 10.4. The Labute approximate surface area is 192 Å². The zero-order valence-electron chi connectivity index (χ0n) is 18.1. The molecule has 1 aromatic carbocycles. The first kappa shape index (κ1) is 25.7. The van der Waals surface area contributed by atoms with E-state index in [2.05, 4.69) is 15.6 Å². The molecule has 1 fully saturated rings. The van der Waals surface area contributed by atoms with Crippen LogP contribution in [-0.2, 0) is 16.1 Å². The number of likely N-dealkylation sites (N-methyl/N-ethyl adjacent to an activating group) is 1. The van der Waals surface area contributed by atoms with E-state index in [1.807, 2.05) is 42.2 Å². The highest BCUT2D eigenvalue weighted by molar-refractivity contribution is 14.0. The maximum Gasteiger partial charge on any atom is 0.242 e. The minimum Gasteiger partial charge on any atom is -0.385 e. The highest BCUT2D eigenvalue weighted by Gasteiger charge is 2.33. The largest absolute Gasteiger partial charge is 0.385 e. The molecule has 0 aliphatic heterocycles. The normalized spacial score (nSPS) is 15.5. The molecular formula is C22H37IN4O2. The summed E-state index contributed by atoms with van der Waals surface area (Å²) in [5.74, 6) is 0.761. The van der Waals surface area contributed by atoms with Crippen LogP contribution >= 0.6 is 24.0 Å². The lowest BCUT2D eigenvalue weighted by atomic mass is 9.83. The van der Waals surface area contributed by atoms with Gasteiger partial charge in [0, 0.05) is 40.4 Å². The smallest absolute Gasteiger partial charge is 0.242 e. The maximum atomic E-state index is 12.6. The van der Waals surface area contributed by atoms with Crippen LogP contribution in [0.2, 0.25) is 0 Å². The van der Waals surface area contributed by atoms with E-state index >= 15 is 0 Å². The molecule has 29 heavy (non-hydrogen) atoms. The van der Waals surface area contributed by atoms with E-state index in [-0.39, 0.29) is 41.8 Å². The van der Waals surface area contributed by atoms with E-state index in [0.717, 1.165) is 25.1 Å². The number of hydrogen-bond donors (Lipinski definition) is 2. The summed E-state index contributed by atoms with van der Waals surface area (Å²) in [5, 5.41) is 6.62. The Kier molecular flexibility index (Phi) is 12.2. The molecule has 0 unspecified atom stereocenters. The molecule has 7 heteroatoms. The second-order valence-electron chi connectivity index (χ2n) is 7.62. The molecule has 0 saturated heterocycles. The second-order valence-corrected chi connectivity index (χ2v) is 7.62. The molecule has 164 valence electrons. The van der Waals surface area contributed by atoms with Crippen molar-refractivity contribution in [1.82, 2.24) is 15.5 Å². The highest BCUT2D eigenvalue weighted by atomic mass is 127. The summed E-state index contributed by atoms with van der Waals surface area (Å²) in [6.45, 7) is 5.22. The number of benzene rings is 1. The minimum atomic E-state index is 0. The third-order valence-corrected chi connectivity index (χ3v) is 5.71. The molecule has 1 aliphatic rings. The van der Waals surface area contributed by atoms with Gasteiger partial charge in [-0.2, -0.15) is 0 Å². The number of rotatable bonds is 10. The number of methoxy groups -OCH3 is 1. The lowest BCUT2D eigenvalue weighted by molar-refractivity contribution is -0.130. The molecule has 0 heterocycles. The number of carbonyl (C=O) groups excluding carboxylic acids is 1. The number of guanidine groups is 1. The number of carbonyl (C=O) groups is 1. The van der Waals surface area contributed by atoms with Crippen molar-refractivity contribution in [3.63, 3.8) is 0 Å². The van der Waals surface area contributed by atoms with Crippen molar-refractivity contribution >= 4 is 35.8 Å². The average Bonchev–Trinajstić information content (AvgIpc) is 3.20. The quantitative estimate of drug-likeness (QED) is 0.284. The van der Waals surface area contributed by atoms with Crippen LogP contribution in [0.25, 0.3) is 0 Å². The van der Waals surface area contributed by atoms with Crippen LogP contribution in [-0.4, -0.2) is 57.2 Å². The van der Waals surface area contributed by atoms with Gasteiger partial charge in [0.05, 0.1) is 6.54 Å². The Bertz CT molecular complexity index is 618. The van der Waals surface area contributed by atoms with Crippen LogP contribution in [0.1, 0.15) is 44.6 Å². The number of hydrogen-bond acceptors (Lipinski definition) is 3. The van der Waals surface area contributed by atoms with Crippen molar-refractivity contribution in [2.75, 3.05) is 40.4 Å². The minimum absolute atomic E-state index is 0. The summed E-state index contributed by atoms with van der Waals surface area (Å²) >= 11 is 0. The third-order valence-electron chi connectivity index (χ3n) is 5.71. The Morgan fingerprint density at radius 2 is 1.90 bits per heavy atom. The number of ether oxygens (including phenoxy) is 1. The van der Waals surface area contributed by atoms with Crippen molar-refractivity contribution in [3.05, 3.63) is 35.9 Å². The first-order chi connectivity index (χ1) is 13.6. The van der Waals surface area contributed by atoms with Crippen molar-refractivity contribution < 1.29 is 9.53 Å². The van der Waals surface area contributed by atoms with Crippen molar-refractivity contribution in [2.45, 2.75) is 45.6 Å². The summed E-state index contributed by atoms with van der Waals surface area (Å²) in [6.07, 6.45) is 6.06. The molecule has 1 saturated carbocycles. The van der Waals surface area contributed by atoms with Gasteiger partial charge in [0.25, 0.3) is 0 Å². The molecule has 0 spiro atoms. The third kappa shape index (κ3) is 8.50. The molecule has 2 rings (SSSR count). The number of aliphatic imine (C=N–C) groups is 1. The number of nitrogens with zero attached hydrogens (tertiary/aromatic N) is 2. The van der Waals surface area contributed by atoms with Gasteiger partial charge in [-0.3, -0.25) is 9.79 Å². The standard InChI is InChI=1S/C22H36N4O2.HI/c1-4-26(17-19-10-6-5-7-11-19)20(27)16-24-21(23-2)25-18-22(14-15-28-3)12-8-9-13-22;/h5-7,10-11H,4,8-9,12-18H2,1-3H3,(H2,23,24,25);1H. The SMILES string of the molecule is CCN(Cc1ccccc1)C(=O)CNC(=NC)NCC1(CCOC)CCCC1.I. The Morgan fingerprint density at radius 1 is 1.21 bits per heavy atom. The van der Waals surface area contributed by atoms with Gasteiger partial charge < -0.3 is 20.3 Å². The molecule has 1 amide bonds. The fraction of sp³-hybridized carbons (Fsp3) is 0.636.